The highest BCUT2D eigenvalue weighted by Crippen LogP contribution is 2.32. The average molecular weight is 275 g/mol. The van der Waals surface area contributed by atoms with E-state index >= 15 is 0 Å². The molecule has 106 valence electrons. The van der Waals surface area contributed by atoms with Gasteiger partial charge in [-0.1, -0.05) is 12.1 Å². The number of carbonyl (C=O) groups excluding carboxylic acids is 2. The van der Waals surface area contributed by atoms with Gasteiger partial charge in [-0.05, 0) is 19.1 Å². The van der Waals surface area contributed by atoms with Crippen LogP contribution in [0.5, 0.6) is 5.75 Å². The molecule has 20 heavy (non-hydrogen) atoms. The Morgan fingerprint density at radius 3 is 3.10 bits per heavy atom. The maximum atomic E-state index is 12.3. The number of rotatable bonds is 1. The Bertz CT molecular complexity index is 546. The molecule has 2 N–H and O–H groups in total. The summed E-state index contributed by atoms with van der Waals surface area (Å²) in [7, 11) is 0. The minimum atomic E-state index is -0.472. The molecule has 2 unspecified atom stereocenters. The van der Waals surface area contributed by atoms with Gasteiger partial charge in [-0.3, -0.25) is 4.79 Å². The first kappa shape index (κ1) is 12.8. The Hall–Kier alpha value is -2.24. The Balaban J connectivity index is 1.87. The summed E-state index contributed by atoms with van der Waals surface area (Å²) in [6, 6.07) is 6.64. The van der Waals surface area contributed by atoms with E-state index in [1.165, 1.54) is 0 Å². The number of carbonyl (C=O) groups is 2. The fourth-order valence-electron chi connectivity index (χ4n) is 2.68. The molecular formula is C14H17N3O3. The van der Waals surface area contributed by atoms with E-state index in [1.54, 1.807) is 11.0 Å². The lowest BCUT2D eigenvalue weighted by atomic mass is 10.1. The zero-order chi connectivity index (χ0) is 14.1. The van der Waals surface area contributed by atoms with E-state index in [-0.39, 0.29) is 18.0 Å². The van der Waals surface area contributed by atoms with Crippen LogP contribution in [0.4, 0.5) is 10.5 Å². The second kappa shape index (κ2) is 5.03. The molecule has 2 atom stereocenters. The van der Waals surface area contributed by atoms with Gasteiger partial charge in [-0.15, -0.1) is 0 Å². The van der Waals surface area contributed by atoms with Gasteiger partial charge in [0, 0.05) is 13.0 Å². The number of anilines is 1. The highest BCUT2D eigenvalue weighted by molar-refractivity contribution is 5.98. The molecule has 2 aliphatic rings. The lowest BCUT2D eigenvalue weighted by Gasteiger charge is -2.23. The van der Waals surface area contributed by atoms with Gasteiger partial charge >= 0.3 is 6.03 Å². The lowest BCUT2D eigenvalue weighted by Crippen LogP contribution is -2.47. The molecule has 6 heteroatoms. The van der Waals surface area contributed by atoms with Gasteiger partial charge in [0.2, 0.25) is 5.91 Å². The van der Waals surface area contributed by atoms with Crippen molar-refractivity contribution in [2.45, 2.75) is 25.5 Å². The van der Waals surface area contributed by atoms with Gasteiger partial charge < -0.3 is 20.3 Å². The molecule has 2 aliphatic heterocycles. The number of hydrogen-bond donors (Lipinski definition) is 2. The average Bonchev–Trinajstić information content (AvgIpc) is 2.85. The quantitative estimate of drug-likeness (QED) is 0.808. The van der Waals surface area contributed by atoms with Crippen LogP contribution in [0.15, 0.2) is 24.3 Å². The maximum Gasteiger partial charge on any atom is 0.318 e. The van der Waals surface area contributed by atoms with Crippen LogP contribution >= 0.6 is 0 Å². The number of para-hydroxylation sites is 2. The third-order valence-corrected chi connectivity index (χ3v) is 3.59. The lowest BCUT2D eigenvalue weighted by molar-refractivity contribution is -0.119. The minimum Gasteiger partial charge on any atom is -0.486 e. The molecule has 1 fully saturated rings. The summed E-state index contributed by atoms with van der Waals surface area (Å²) in [5.74, 6) is 0.497. The van der Waals surface area contributed by atoms with Crippen molar-refractivity contribution in [1.82, 2.24) is 10.2 Å². The van der Waals surface area contributed by atoms with E-state index in [1.807, 2.05) is 25.1 Å². The topological polar surface area (TPSA) is 70.7 Å². The van der Waals surface area contributed by atoms with Gasteiger partial charge in [-0.25, -0.2) is 4.79 Å². The molecule has 0 aliphatic carbocycles. The summed E-state index contributed by atoms with van der Waals surface area (Å²) < 4.78 is 5.90. The van der Waals surface area contributed by atoms with Crippen LogP contribution in [0.25, 0.3) is 0 Å². The summed E-state index contributed by atoms with van der Waals surface area (Å²) in [5.41, 5.74) is 0.657. The van der Waals surface area contributed by atoms with Crippen molar-refractivity contribution in [2.75, 3.05) is 18.4 Å². The van der Waals surface area contributed by atoms with Gasteiger partial charge in [-0.2, -0.15) is 0 Å². The van der Waals surface area contributed by atoms with Crippen molar-refractivity contribution in [3.8, 4) is 5.75 Å². The minimum absolute atomic E-state index is 0.144. The molecule has 0 aromatic heterocycles. The van der Waals surface area contributed by atoms with E-state index in [0.717, 1.165) is 0 Å². The van der Waals surface area contributed by atoms with Crippen molar-refractivity contribution in [2.24, 2.45) is 0 Å². The van der Waals surface area contributed by atoms with Crippen molar-refractivity contribution >= 4 is 17.6 Å². The van der Waals surface area contributed by atoms with E-state index in [9.17, 15) is 9.59 Å². The number of ether oxygens (including phenoxy) is 1. The zero-order valence-electron chi connectivity index (χ0n) is 11.3. The third-order valence-electron chi connectivity index (χ3n) is 3.59. The predicted octanol–water partition coefficient (Wildman–Crippen LogP) is 1.19. The van der Waals surface area contributed by atoms with Crippen molar-refractivity contribution in [3.05, 3.63) is 24.3 Å². The molecule has 6 nitrogen and oxygen atoms in total. The molecule has 2 heterocycles. The number of nitrogens with zero attached hydrogens (tertiary/aromatic N) is 1. The molecule has 0 saturated carbocycles. The largest absolute Gasteiger partial charge is 0.486 e. The summed E-state index contributed by atoms with van der Waals surface area (Å²) in [4.78, 5) is 25.9. The first-order valence-corrected chi connectivity index (χ1v) is 6.80. The number of likely N-dealkylation sites (tertiary alicyclic amines) is 1. The van der Waals surface area contributed by atoms with Crippen LogP contribution < -0.4 is 15.4 Å². The molecule has 2 bridgehead atoms. The number of fused-ring (bicyclic) bond motifs is 3. The Labute approximate surface area is 117 Å². The Morgan fingerprint density at radius 2 is 2.30 bits per heavy atom. The van der Waals surface area contributed by atoms with Gasteiger partial charge in [0.05, 0.1) is 12.2 Å². The molecule has 1 aromatic carbocycles. The van der Waals surface area contributed by atoms with E-state index in [2.05, 4.69) is 10.6 Å². The van der Waals surface area contributed by atoms with Crippen LogP contribution in [-0.4, -0.2) is 42.1 Å². The van der Waals surface area contributed by atoms with Crippen LogP contribution in [0.1, 0.15) is 13.3 Å². The van der Waals surface area contributed by atoms with Gasteiger partial charge in [0.1, 0.15) is 17.9 Å². The Kier molecular flexibility index (Phi) is 3.22. The second-order valence-corrected chi connectivity index (χ2v) is 4.96. The number of urea groups is 1. The van der Waals surface area contributed by atoms with Crippen molar-refractivity contribution in [1.29, 1.82) is 0 Å². The standard InChI is InChI=1S/C14H17N3O3/c1-2-15-14(19)17-8-9-7-11(17)13(18)16-10-5-3-4-6-12(10)20-9/h3-6,9,11H,2,7-8H2,1H3,(H,15,19)(H,16,18). The highest BCUT2D eigenvalue weighted by Gasteiger charge is 2.42. The first-order chi connectivity index (χ1) is 9.69. The van der Waals surface area contributed by atoms with Gasteiger partial charge in [0.15, 0.2) is 0 Å². The Morgan fingerprint density at radius 1 is 1.50 bits per heavy atom. The zero-order valence-corrected chi connectivity index (χ0v) is 11.3. The van der Waals surface area contributed by atoms with E-state index < -0.39 is 6.04 Å². The third kappa shape index (κ3) is 2.17. The molecule has 3 amide bonds. The predicted molar refractivity (Wildman–Crippen MR) is 73.7 cm³/mol. The SMILES string of the molecule is CCNC(=O)N1CC2CC1C(=O)Nc1ccccc1O2. The fourth-order valence-corrected chi connectivity index (χ4v) is 2.68. The molecule has 0 spiro atoms. The number of benzene rings is 1. The van der Waals surface area contributed by atoms with Crippen molar-refractivity contribution < 1.29 is 14.3 Å². The van der Waals surface area contributed by atoms with Crippen LogP contribution in [0.3, 0.4) is 0 Å². The van der Waals surface area contributed by atoms with Crippen LogP contribution in [0, 0.1) is 0 Å². The van der Waals surface area contributed by atoms with Gasteiger partial charge in [0.25, 0.3) is 0 Å². The molecule has 0 radical (unpaired) electrons. The fraction of sp³-hybridized carbons (Fsp3) is 0.429. The van der Waals surface area contributed by atoms with E-state index in [0.29, 0.717) is 30.9 Å². The number of hydrogen-bond acceptors (Lipinski definition) is 3. The smallest absolute Gasteiger partial charge is 0.318 e. The van der Waals surface area contributed by atoms with E-state index in [4.69, 9.17) is 4.74 Å². The second-order valence-electron chi connectivity index (χ2n) is 4.96. The highest BCUT2D eigenvalue weighted by atomic mass is 16.5. The molecule has 1 saturated heterocycles. The molecule has 1 aromatic rings. The number of amides is 3. The normalized spacial score (nSPS) is 24.1. The molecule has 3 rings (SSSR count). The number of nitrogens with one attached hydrogen (secondary N) is 2. The van der Waals surface area contributed by atoms with Crippen molar-refractivity contribution in [3.63, 3.8) is 0 Å². The summed E-state index contributed by atoms with van der Waals surface area (Å²) in [6.07, 6.45) is 0.381. The molecular weight excluding hydrogens is 258 g/mol. The van der Waals surface area contributed by atoms with Crippen LogP contribution in [0.2, 0.25) is 0 Å². The first-order valence-electron chi connectivity index (χ1n) is 6.80. The summed E-state index contributed by atoms with van der Waals surface area (Å²) in [5, 5.41) is 5.57. The van der Waals surface area contributed by atoms with Crippen LogP contribution in [-0.2, 0) is 4.79 Å². The summed E-state index contributed by atoms with van der Waals surface area (Å²) >= 11 is 0. The summed E-state index contributed by atoms with van der Waals surface area (Å²) in [6.45, 7) is 2.82. The maximum absolute atomic E-state index is 12.3. The monoisotopic (exact) mass is 275 g/mol.